The number of H-pyrrole nitrogens is 1. The van der Waals surface area contributed by atoms with E-state index in [0.717, 1.165) is 16.5 Å². The molecule has 36 heavy (non-hydrogen) atoms. The maximum Gasteiger partial charge on any atom is 0.326 e. The molecule has 11 N–H and O–H groups in total. The molecule has 1 aromatic carbocycles. The summed E-state index contributed by atoms with van der Waals surface area (Å²) in [4.78, 5) is 63.1. The predicted octanol–water partition coefficient (Wildman–Crippen LogP) is -1.79. The number of nitrogens with two attached hydrogens (primary N) is 3. The number of carbonyl (C=O) groups is 5. The number of unbranched alkanes of at least 4 members (excludes halogenated alkanes) is 1. The van der Waals surface area contributed by atoms with E-state index in [2.05, 4.69) is 20.9 Å². The van der Waals surface area contributed by atoms with E-state index in [9.17, 15) is 24.0 Å². The Morgan fingerprint density at radius 1 is 1.00 bits per heavy atom. The molecule has 0 aliphatic carbocycles. The molecular weight excluding hydrogens is 470 g/mol. The zero-order chi connectivity index (χ0) is 26.7. The zero-order valence-corrected chi connectivity index (χ0v) is 19.8. The first-order chi connectivity index (χ1) is 17.1. The average Bonchev–Trinajstić information content (AvgIpc) is 3.24. The van der Waals surface area contributed by atoms with Gasteiger partial charge in [0.15, 0.2) is 0 Å². The van der Waals surface area contributed by atoms with Crippen LogP contribution in [0.4, 0.5) is 0 Å². The molecule has 0 radical (unpaired) electrons. The molecule has 0 fully saturated rings. The summed E-state index contributed by atoms with van der Waals surface area (Å²) < 4.78 is 0. The lowest BCUT2D eigenvalue weighted by molar-refractivity contribution is -0.143. The van der Waals surface area contributed by atoms with Gasteiger partial charge < -0.3 is 43.2 Å². The van der Waals surface area contributed by atoms with E-state index < -0.39 is 60.7 Å². The first-order valence-corrected chi connectivity index (χ1v) is 11.5. The Morgan fingerprint density at radius 2 is 1.72 bits per heavy atom. The summed E-state index contributed by atoms with van der Waals surface area (Å²) in [6.07, 6.45) is 2.99. The third-order valence-electron chi connectivity index (χ3n) is 5.50. The summed E-state index contributed by atoms with van der Waals surface area (Å²) in [5, 5.41) is 17.1. The normalized spacial score (nSPS) is 13.4. The number of benzene rings is 1. The number of carboxylic acid groups (broad SMARTS) is 1. The highest BCUT2D eigenvalue weighted by molar-refractivity contribution is 5.94. The number of para-hydroxylation sites is 1. The number of hydrogen-bond acceptors (Lipinski definition) is 7. The van der Waals surface area contributed by atoms with Crippen molar-refractivity contribution in [2.24, 2.45) is 17.2 Å². The van der Waals surface area contributed by atoms with Crippen molar-refractivity contribution in [2.45, 2.75) is 50.2 Å². The molecule has 0 spiro atoms. The molecule has 196 valence electrons. The molecule has 0 saturated carbocycles. The molecule has 2 rings (SSSR count). The van der Waals surface area contributed by atoms with E-state index >= 15 is 0 Å². The fourth-order valence-electron chi connectivity index (χ4n) is 3.59. The van der Waals surface area contributed by atoms with Crippen LogP contribution in [0.5, 0.6) is 0 Å². The van der Waals surface area contributed by atoms with Gasteiger partial charge in [0.25, 0.3) is 0 Å². The summed E-state index contributed by atoms with van der Waals surface area (Å²) in [6.45, 7) is -0.103. The molecular formula is C23H33N7O6. The van der Waals surface area contributed by atoms with E-state index in [1.165, 1.54) is 0 Å². The summed E-state index contributed by atoms with van der Waals surface area (Å²) in [7, 11) is 0. The standard InChI is InChI=1S/C23H33N7O6/c24-8-4-3-6-15(25)21(33)30-17(9-13-11-27-16-7-2-1-5-14(13)16)22(34)28-12-20(32)29-18(23(35)36)10-19(26)31/h1-2,5,7,11,15,17-18,27H,3-4,6,8-10,12,24-25H2,(H2,26,31)(H,28,34)(H,29,32)(H,30,33)(H,35,36). The van der Waals surface area contributed by atoms with E-state index in [4.69, 9.17) is 22.3 Å². The molecule has 4 amide bonds. The molecule has 13 nitrogen and oxygen atoms in total. The average molecular weight is 504 g/mol. The van der Waals surface area contributed by atoms with Gasteiger partial charge in [0, 0.05) is 23.5 Å². The van der Waals surface area contributed by atoms with Crippen LogP contribution in [0.3, 0.4) is 0 Å². The van der Waals surface area contributed by atoms with Crippen molar-refractivity contribution in [1.82, 2.24) is 20.9 Å². The number of carboxylic acids is 1. The second kappa shape index (κ2) is 13.8. The highest BCUT2D eigenvalue weighted by Crippen LogP contribution is 2.19. The first-order valence-electron chi connectivity index (χ1n) is 11.5. The second-order valence-corrected chi connectivity index (χ2v) is 8.36. The van der Waals surface area contributed by atoms with E-state index in [-0.39, 0.29) is 6.42 Å². The number of amides is 4. The Kier molecular flexibility index (Phi) is 10.8. The maximum absolute atomic E-state index is 13.0. The Hall–Kier alpha value is -3.97. The highest BCUT2D eigenvalue weighted by atomic mass is 16.4. The number of rotatable bonds is 15. The van der Waals surface area contributed by atoms with Crippen LogP contribution in [0.2, 0.25) is 0 Å². The highest BCUT2D eigenvalue weighted by Gasteiger charge is 2.26. The number of fused-ring (bicyclic) bond motifs is 1. The van der Waals surface area contributed by atoms with Gasteiger partial charge in [-0.25, -0.2) is 4.79 Å². The Labute approximate surface area is 207 Å². The predicted molar refractivity (Wildman–Crippen MR) is 131 cm³/mol. The lowest BCUT2D eigenvalue weighted by atomic mass is 10.0. The molecule has 3 atom stereocenters. The minimum absolute atomic E-state index is 0.109. The Balaban J connectivity index is 2.09. The van der Waals surface area contributed by atoms with Crippen LogP contribution in [0, 0.1) is 0 Å². The third-order valence-corrected chi connectivity index (χ3v) is 5.50. The molecule has 0 saturated heterocycles. The number of carbonyl (C=O) groups excluding carboxylic acids is 4. The van der Waals surface area contributed by atoms with Crippen molar-refractivity contribution >= 4 is 40.5 Å². The van der Waals surface area contributed by atoms with Gasteiger partial charge in [0.05, 0.1) is 19.0 Å². The molecule has 0 aliphatic heterocycles. The molecule has 0 aliphatic rings. The fourth-order valence-corrected chi connectivity index (χ4v) is 3.59. The summed E-state index contributed by atoms with van der Waals surface area (Å²) >= 11 is 0. The number of primary amides is 1. The second-order valence-electron chi connectivity index (χ2n) is 8.36. The fraction of sp³-hybridized carbons (Fsp3) is 0.435. The van der Waals surface area contributed by atoms with Crippen LogP contribution >= 0.6 is 0 Å². The molecule has 3 unspecified atom stereocenters. The Bertz CT molecular complexity index is 1090. The first kappa shape index (κ1) is 28.3. The van der Waals surface area contributed by atoms with Crippen LogP contribution in [-0.2, 0) is 30.4 Å². The Morgan fingerprint density at radius 3 is 2.39 bits per heavy atom. The van der Waals surface area contributed by atoms with Crippen molar-refractivity contribution in [2.75, 3.05) is 13.1 Å². The van der Waals surface area contributed by atoms with Gasteiger partial charge in [-0.3, -0.25) is 19.2 Å². The molecule has 1 heterocycles. The van der Waals surface area contributed by atoms with E-state index in [0.29, 0.717) is 25.8 Å². The van der Waals surface area contributed by atoms with Crippen molar-refractivity contribution in [3.8, 4) is 0 Å². The van der Waals surface area contributed by atoms with Gasteiger partial charge >= 0.3 is 5.97 Å². The van der Waals surface area contributed by atoms with Gasteiger partial charge in [-0.15, -0.1) is 0 Å². The van der Waals surface area contributed by atoms with Gasteiger partial charge in [0.1, 0.15) is 12.1 Å². The molecule has 1 aromatic heterocycles. The topological polar surface area (TPSA) is 236 Å². The minimum atomic E-state index is -1.53. The van der Waals surface area contributed by atoms with Crippen molar-refractivity contribution in [3.05, 3.63) is 36.0 Å². The van der Waals surface area contributed by atoms with Crippen LogP contribution in [-0.4, -0.2) is 70.9 Å². The molecule has 0 bridgehead atoms. The lowest BCUT2D eigenvalue weighted by Gasteiger charge is -2.21. The number of nitrogens with one attached hydrogen (secondary N) is 4. The number of aromatic amines is 1. The molecule has 13 heteroatoms. The molecule has 2 aromatic rings. The van der Waals surface area contributed by atoms with Crippen LogP contribution < -0.4 is 33.2 Å². The van der Waals surface area contributed by atoms with Crippen LogP contribution in [0.1, 0.15) is 31.2 Å². The van der Waals surface area contributed by atoms with E-state index in [1.54, 1.807) is 6.20 Å². The largest absolute Gasteiger partial charge is 0.480 e. The van der Waals surface area contributed by atoms with Crippen molar-refractivity contribution in [3.63, 3.8) is 0 Å². The third kappa shape index (κ3) is 8.67. The van der Waals surface area contributed by atoms with Gasteiger partial charge in [-0.05, 0) is 31.0 Å². The van der Waals surface area contributed by atoms with Crippen LogP contribution in [0.15, 0.2) is 30.5 Å². The summed E-state index contributed by atoms with van der Waals surface area (Å²) in [5.74, 6) is -4.38. The summed E-state index contributed by atoms with van der Waals surface area (Å²) in [6, 6.07) is 4.00. The van der Waals surface area contributed by atoms with Gasteiger partial charge in [-0.2, -0.15) is 0 Å². The summed E-state index contributed by atoms with van der Waals surface area (Å²) in [5.41, 5.74) is 18.1. The number of aromatic nitrogens is 1. The zero-order valence-electron chi connectivity index (χ0n) is 19.8. The van der Waals surface area contributed by atoms with Crippen molar-refractivity contribution < 1.29 is 29.1 Å². The van der Waals surface area contributed by atoms with Gasteiger partial charge in [0.2, 0.25) is 23.6 Å². The minimum Gasteiger partial charge on any atom is -0.480 e. The lowest BCUT2D eigenvalue weighted by Crippen LogP contribution is -2.54. The smallest absolute Gasteiger partial charge is 0.326 e. The van der Waals surface area contributed by atoms with Crippen molar-refractivity contribution in [1.29, 1.82) is 0 Å². The van der Waals surface area contributed by atoms with E-state index in [1.807, 2.05) is 24.3 Å². The monoisotopic (exact) mass is 503 g/mol. The quantitative estimate of drug-likeness (QED) is 0.129. The SMILES string of the molecule is NCCCCC(N)C(=O)NC(Cc1c[nH]c2ccccc12)C(=O)NCC(=O)NC(CC(N)=O)C(=O)O. The van der Waals surface area contributed by atoms with Gasteiger partial charge in [-0.1, -0.05) is 24.6 Å². The van der Waals surface area contributed by atoms with Crippen LogP contribution in [0.25, 0.3) is 10.9 Å². The maximum atomic E-state index is 13.0. The number of hydrogen-bond donors (Lipinski definition) is 8. The number of aliphatic carboxylic acids is 1.